The second-order valence-electron chi connectivity index (χ2n) is 5.99. The highest BCUT2D eigenvalue weighted by molar-refractivity contribution is 5.26. The Morgan fingerprint density at radius 2 is 2.00 bits per heavy atom. The Balaban J connectivity index is 1.61. The van der Waals surface area contributed by atoms with Gasteiger partial charge >= 0.3 is 6.18 Å². The molecule has 1 saturated heterocycles. The zero-order valence-corrected chi connectivity index (χ0v) is 13.2. The van der Waals surface area contributed by atoms with Crippen molar-refractivity contribution in [2.45, 2.75) is 25.2 Å². The first-order chi connectivity index (χ1) is 11.5. The number of alkyl halides is 3. The zero-order chi connectivity index (χ0) is 17.0. The van der Waals surface area contributed by atoms with Crippen molar-refractivity contribution in [3.05, 3.63) is 65.5 Å². The van der Waals surface area contributed by atoms with Crippen molar-refractivity contribution < 1.29 is 17.9 Å². The molecule has 1 fully saturated rings. The summed E-state index contributed by atoms with van der Waals surface area (Å²) in [6.07, 6.45) is -0.362. The van der Waals surface area contributed by atoms with E-state index < -0.39 is 11.7 Å². The predicted octanol–water partition coefficient (Wildman–Crippen LogP) is 3.54. The molecule has 128 valence electrons. The number of benzene rings is 1. The van der Waals surface area contributed by atoms with Gasteiger partial charge < -0.3 is 4.74 Å². The largest absolute Gasteiger partial charge is 0.416 e. The molecule has 0 radical (unpaired) electrons. The molecule has 3 nitrogen and oxygen atoms in total. The summed E-state index contributed by atoms with van der Waals surface area (Å²) in [5.41, 5.74) is 1.17. The molecule has 2 heterocycles. The third kappa shape index (κ3) is 4.55. The van der Waals surface area contributed by atoms with Crippen molar-refractivity contribution in [2.24, 2.45) is 0 Å². The van der Waals surface area contributed by atoms with Crippen LogP contribution in [0.5, 0.6) is 0 Å². The Hall–Kier alpha value is -1.92. The van der Waals surface area contributed by atoms with E-state index in [-0.39, 0.29) is 6.10 Å². The summed E-state index contributed by atoms with van der Waals surface area (Å²) in [5, 5.41) is 0. The highest BCUT2D eigenvalue weighted by Gasteiger charge is 2.30. The first-order valence-electron chi connectivity index (χ1n) is 7.90. The van der Waals surface area contributed by atoms with Crippen LogP contribution in [0.3, 0.4) is 0 Å². The van der Waals surface area contributed by atoms with Crippen molar-refractivity contribution in [2.75, 3.05) is 19.7 Å². The van der Waals surface area contributed by atoms with Crippen LogP contribution in [-0.2, 0) is 23.9 Å². The van der Waals surface area contributed by atoms with Gasteiger partial charge in [-0.1, -0.05) is 24.3 Å². The molecule has 0 amide bonds. The van der Waals surface area contributed by atoms with E-state index in [4.69, 9.17) is 4.74 Å². The van der Waals surface area contributed by atoms with Crippen molar-refractivity contribution in [1.82, 2.24) is 9.88 Å². The van der Waals surface area contributed by atoms with Crippen LogP contribution in [0, 0.1) is 0 Å². The monoisotopic (exact) mass is 336 g/mol. The Labute approximate surface area is 139 Å². The highest BCUT2D eigenvalue weighted by atomic mass is 19.4. The summed E-state index contributed by atoms with van der Waals surface area (Å²) in [5.74, 6) is 0. The molecule has 0 saturated carbocycles. The molecule has 1 atom stereocenters. The lowest BCUT2D eigenvalue weighted by molar-refractivity contribution is -0.137. The van der Waals surface area contributed by atoms with Crippen LogP contribution in [0.15, 0.2) is 48.8 Å². The minimum absolute atomic E-state index is 0.0982. The lowest BCUT2D eigenvalue weighted by atomic mass is 10.0. The van der Waals surface area contributed by atoms with Gasteiger partial charge in [-0.2, -0.15) is 13.2 Å². The van der Waals surface area contributed by atoms with Gasteiger partial charge in [0.1, 0.15) is 0 Å². The van der Waals surface area contributed by atoms with E-state index in [2.05, 4.69) is 9.88 Å². The fourth-order valence-electron chi connectivity index (χ4n) is 2.93. The van der Waals surface area contributed by atoms with E-state index in [0.29, 0.717) is 25.1 Å². The van der Waals surface area contributed by atoms with Crippen molar-refractivity contribution in [3.63, 3.8) is 0 Å². The van der Waals surface area contributed by atoms with Crippen LogP contribution in [0.2, 0.25) is 0 Å². The van der Waals surface area contributed by atoms with Crippen LogP contribution in [0.25, 0.3) is 0 Å². The lowest BCUT2D eigenvalue weighted by Gasteiger charge is -2.33. The summed E-state index contributed by atoms with van der Waals surface area (Å²) in [4.78, 5) is 6.35. The third-order valence-electron chi connectivity index (χ3n) is 4.07. The van der Waals surface area contributed by atoms with Crippen molar-refractivity contribution in [1.29, 1.82) is 0 Å². The predicted molar refractivity (Wildman–Crippen MR) is 84.4 cm³/mol. The molecule has 1 aliphatic heterocycles. The highest BCUT2D eigenvalue weighted by Crippen LogP contribution is 2.30. The van der Waals surface area contributed by atoms with Crippen LogP contribution in [0.4, 0.5) is 13.2 Å². The minimum atomic E-state index is -4.31. The molecule has 0 aliphatic carbocycles. The fourth-order valence-corrected chi connectivity index (χ4v) is 2.93. The third-order valence-corrected chi connectivity index (χ3v) is 4.07. The standard InChI is InChI=1S/C18H19F3N2O/c19-18(20,21)16-5-1-3-14(9-16)10-17-13-23(7-8-24-17)12-15-4-2-6-22-11-15/h1-6,9,11,17H,7-8,10,12-13H2/t17-/m0/s1. The van der Waals surface area contributed by atoms with Gasteiger partial charge in [-0.15, -0.1) is 0 Å². The molecule has 0 spiro atoms. The summed E-state index contributed by atoms with van der Waals surface area (Å²) < 4.78 is 44.2. The van der Waals surface area contributed by atoms with Gasteiger partial charge in [0.15, 0.2) is 0 Å². The van der Waals surface area contributed by atoms with Gasteiger partial charge in [0.2, 0.25) is 0 Å². The smallest absolute Gasteiger partial charge is 0.375 e. The average Bonchev–Trinajstić information content (AvgIpc) is 2.56. The molecular weight excluding hydrogens is 317 g/mol. The van der Waals surface area contributed by atoms with Gasteiger partial charge in [-0.05, 0) is 29.7 Å². The number of ether oxygens (including phenoxy) is 1. The molecule has 2 aromatic rings. The van der Waals surface area contributed by atoms with Gasteiger partial charge in [0.25, 0.3) is 0 Å². The maximum Gasteiger partial charge on any atom is 0.416 e. The number of pyridine rings is 1. The average molecular weight is 336 g/mol. The van der Waals surface area contributed by atoms with Gasteiger partial charge in [-0.25, -0.2) is 0 Å². The summed E-state index contributed by atoms with van der Waals surface area (Å²) in [7, 11) is 0. The van der Waals surface area contributed by atoms with E-state index in [0.717, 1.165) is 24.7 Å². The van der Waals surface area contributed by atoms with Crippen LogP contribution in [0.1, 0.15) is 16.7 Å². The van der Waals surface area contributed by atoms with E-state index in [1.54, 1.807) is 12.3 Å². The van der Waals surface area contributed by atoms with Crippen LogP contribution in [-0.4, -0.2) is 35.7 Å². The van der Waals surface area contributed by atoms with Crippen molar-refractivity contribution >= 4 is 0 Å². The second-order valence-corrected chi connectivity index (χ2v) is 5.99. The number of aromatic nitrogens is 1. The molecule has 3 rings (SSSR count). The quantitative estimate of drug-likeness (QED) is 0.854. The lowest BCUT2D eigenvalue weighted by Crippen LogP contribution is -2.42. The van der Waals surface area contributed by atoms with E-state index in [9.17, 15) is 13.2 Å². The molecule has 0 bridgehead atoms. The number of hydrogen-bond donors (Lipinski definition) is 0. The molecule has 6 heteroatoms. The topological polar surface area (TPSA) is 25.4 Å². The number of morpholine rings is 1. The Morgan fingerprint density at radius 1 is 1.17 bits per heavy atom. The van der Waals surface area contributed by atoms with E-state index in [1.165, 1.54) is 12.1 Å². The maximum absolute atomic E-state index is 12.8. The maximum atomic E-state index is 12.8. The van der Waals surface area contributed by atoms with Crippen molar-refractivity contribution in [3.8, 4) is 0 Å². The Morgan fingerprint density at radius 3 is 2.75 bits per heavy atom. The van der Waals surface area contributed by atoms with Gasteiger partial charge in [-0.3, -0.25) is 9.88 Å². The van der Waals surface area contributed by atoms with Gasteiger partial charge in [0, 0.05) is 32.0 Å². The van der Waals surface area contributed by atoms with E-state index in [1.807, 2.05) is 18.3 Å². The molecule has 0 unspecified atom stereocenters. The Kier molecular flexibility index (Phi) is 5.16. The van der Waals surface area contributed by atoms with E-state index >= 15 is 0 Å². The number of nitrogens with zero attached hydrogens (tertiary/aromatic N) is 2. The minimum Gasteiger partial charge on any atom is -0.375 e. The summed E-state index contributed by atoms with van der Waals surface area (Å²) in [6.45, 7) is 2.87. The summed E-state index contributed by atoms with van der Waals surface area (Å²) in [6, 6.07) is 9.40. The Bertz CT molecular complexity index is 661. The SMILES string of the molecule is FC(F)(F)c1cccc(C[C@H]2CN(Cc3cccnc3)CCO2)c1. The normalized spacial score (nSPS) is 19.4. The van der Waals surface area contributed by atoms with Gasteiger partial charge in [0.05, 0.1) is 18.3 Å². The number of rotatable bonds is 4. The first kappa shape index (κ1) is 16.9. The number of halogens is 3. The molecule has 1 aromatic carbocycles. The molecule has 1 aromatic heterocycles. The molecular formula is C18H19F3N2O. The molecule has 0 N–H and O–H groups in total. The summed E-state index contributed by atoms with van der Waals surface area (Å²) >= 11 is 0. The molecule has 24 heavy (non-hydrogen) atoms. The number of hydrogen-bond acceptors (Lipinski definition) is 3. The first-order valence-corrected chi connectivity index (χ1v) is 7.90. The fraction of sp³-hybridized carbons (Fsp3) is 0.389. The molecule has 1 aliphatic rings. The van der Waals surface area contributed by atoms with Crippen LogP contribution >= 0.6 is 0 Å². The van der Waals surface area contributed by atoms with Crippen LogP contribution < -0.4 is 0 Å². The zero-order valence-electron chi connectivity index (χ0n) is 13.2. The second kappa shape index (κ2) is 7.32.